The van der Waals surface area contributed by atoms with E-state index in [0.717, 1.165) is 51.7 Å². The number of nitrogens with one attached hydrogen (secondary N) is 1. The third-order valence-corrected chi connectivity index (χ3v) is 6.76. The maximum Gasteiger partial charge on any atom is 0.0819 e. The van der Waals surface area contributed by atoms with E-state index in [4.69, 9.17) is 11.6 Å². The number of benzene rings is 1. The minimum atomic E-state index is 0.0496. The SMILES string of the molecule is OCc1cc2nccc(-c3cc(Cl)cc4c3N(C3CNC3)CCC4)c2s1. The fourth-order valence-corrected chi connectivity index (χ4v) is 5.32. The third-order valence-electron chi connectivity index (χ3n) is 5.40. The number of aromatic nitrogens is 1. The molecule has 4 heterocycles. The monoisotopic (exact) mass is 385 g/mol. The number of pyridine rings is 1. The zero-order valence-electron chi connectivity index (χ0n) is 14.3. The molecule has 0 aliphatic carbocycles. The van der Waals surface area contributed by atoms with Crippen molar-refractivity contribution >= 4 is 38.8 Å². The third kappa shape index (κ3) is 2.62. The zero-order valence-corrected chi connectivity index (χ0v) is 15.9. The fourth-order valence-electron chi connectivity index (χ4n) is 4.08. The summed E-state index contributed by atoms with van der Waals surface area (Å²) in [6, 6.07) is 8.84. The number of fused-ring (bicyclic) bond motifs is 2. The van der Waals surface area contributed by atoms with Crippen molar-refractivity contribution in [2.75, 3.05) is 24.5 Å². The lowest BCUT2D eigenvalue weighted by Crippen LogP contribution is -2.58. The van der Waals surface area contributed by atoms with Gasteiger partial charge in [-0.1, -0.05) is 11.6 Å². The zero-order chi connectivity index (χ0) is 17.7. The van der Waals surface area contributed by atoms with Crippen LogP contribution in [0.15, 0.2) is 30.5 Å². The van der Waals surface area contributed by atoms with E-state index >= 15 is 0 Å². The molecule has 134 valence electrons. The van der Waals surface area contributed by atoms with E-state index in [2.05, 4.69) is 33.4 Å². The minimum absolute atomic E-state index is 0.0496. The van der Waals surface area contributed by atoms with Gasteiger partial charge >= 0.3 is 0 Å². The average Bonchev–Trinajstić information content (AvgIpc) is 3.03. The lowest BCUT2D eigenvalue weighted by Gasteiger charge is -2.44. The van der Waals surface area contributed by atoms with Crippen molar-refractivity contribution in [1.82, 2.24) is 10.3 Å². The normalized spacial score (nSPS) is 17.4. The number of aliphatic hydroxyl groups excluding tert-OH is 1. The van der Waals surface area contributed by atoms with Crippen molar-refractivity contribution in [3.63, 3.8) is 0 Å². The van der Waals surface area contributed by atoms with Crippen molar-refractivity contribution in [2.24, 2.45) is 0 Å². The predicted octanol–water partition coefficient (Wildman–Crippen LogP) is 3.83. The molecule has 5 rings (SSSR count). The Balaban J connectivity index is 1.75. The number of anilines is 1. The number of aliphatic hydroxyl groups is 1. The van der Waals surface area contributed by atoms with Crippen LogP contribution in [0.1, 0.15) is 16.9 Å². The highest BCUT2D eigenvalue weighted by molar-refractivity contribution is 7.19. The maximum atomic E-state index is 9.54. The molecule has 0 saturated carbocycles. The van der Waals surface area contributed by atoms with Gasteiger partial charge in [0.25, 0.3) is 0 Å². The molecule has 4 nitrogen and oxygen atoms in total. The van der Waals surface area contributed by atoms with Crippen LogP contribution in [0.25, 0.3) is 21.3 Å². The highest BCUT2D eigenvalue weighted by Gasteiger charge is 2.31. The molecule has 1 fully saturated rings. The first-order valence-electron chi connectivity index (χ1n) is 9.03. The van der Waals surface area contributed by atoms with Gasteiger partial charge in [0.1, 0.15) is 0 Å². The number of aryl methyl sites for hydroxylation is 1. The van der Waals surface area contributed by atoms with Gasteiger partial charge in [0.05, 0.1) is 22.9 Å². The van der Waals surface area contributed by atoms with Crippen LogP contribution in [0, 0.1) is 0 Å². The van der Waals surface area contributed by atoms with Crippen LogP contribution in [-0.2, 0) is 13.0 Å². The van der Waals surface area contributed by atoms with E-state index < -0.39 is 0 Å². The first-order chi connectivity index (χ1) is 12.7. The Morgan fingerprint density at radius 3 is 2.92 bits per heavy atom. The van der Waals surface area contributed by atoms with E-state index in [0.29, 0.717) is 6.04 Å². The topological polar surface area (TPSA) is 48.4 Å². The Bertz CT molecular complexity index is 983. The van der Waals surface area contributed by atoms with Gasteiger partial charge in [0, 0.05) is 52.5 Å². The van der Waals surface area contributed by atoms with Crippen LogP contribution in [0.4, 0.5) is 5.69 Å². The Morgan fingerprint density at radius 1 is 1.27 bits per heavy atom. The van der Waals surface area contributed by atoms with Crippen LogP contribution in [0.5, 0.6) is 0 Å². The first-order valence-corrected chi connectivity index (χ1v) is 10.2. The second-order valence-electron chi connectivity index (χ2n) is 7.01. The highest BCUT2D eigenvalue weighted by Crippen LogP contribution is 2.44. The Morgan fingerprint density at radius 2 is 2.15 bits per heavy atom. The summed E-state index contributed by atoms with van der Waals surface area (Å²) >= 11 is 8.13. The molecule has 1 saturated heterocycles. The van der Waals surface area contributed by atoms with Crippen molar-refractivity contribution in [3.05, 3.63) is 45.9 Å². The second kappa shape index (κ2) is 6.50. The standard InChI is InChI=1S/C20H20ClN3OS/c21-13-6-12-2-1-5-24(14-9-22-10-14)19(12)17(7-13)16-3-4-23-18-8-15(11-25)26-20(16)18/h3-4,6-8,14,22,25H,1-2,5,9-11H2. The van der Waals surface area contributed by atoms with Crippen molar-refractivity contribution in [3.8, 4) is 11.1 Å². The predicted molar refractivity (Wildman–Crippen MR) is 108 cm³/mol. The van der Waals surface area contributed by atoms with Crippen LogP contribution in [0.3, 0.4) is 0 Å². The fraction of sp³-hybridized carbons (Fsp3) is 0.350. The van der Waals surface area contributed by atoms with Crippen molar-refractivity contribution in [2.45, 2.75) is 25.5 Å². The molecule has 0 amide bonds. The number of hydrogen-bond donors (Lipinski definition) is 2. The van der Waals surface area contributed by atoms with E-state index in [-0.39, 0.29) is 6.61 Å². The molecule has 3 aromatic rings. The number of hydrogen-bond acceptors (Lipinski definition) is 5. The summed E-state index contributed by atoms with van der Waals surface area (Å²) in [5, 5.41) is 13.7. The Labute approximate surface area is 161 Å². The van der Waals surface area contributed by atoms with Crippen LogP contribution in [0.2, 0.25) is 5.02 Å². The average molecular weight is 386 g/mol. The van der Waals surface area contributed by atoms with E-state index in [1.807, 2.05) is 12.3 Å². The van der Waals surface area contributed by atoms with Crippen molar-refractivity contribution in [1.29, 1.82) is 0 Å². The van der Waals surface area contributed by atoms with Gasteiger partial charge in [0.15, 0.2) is 0 Å². The highest BCUT2D eigenvalue weighted by atomic mass is 35.5. The number of nitrogens with zero attached hydrogens (tertiary/aromatic N) is 2. The summed E-state index contributed by atoms with van der Waals surface area (Å²) in [5.74, 6) is 0. The summed E-state index contributed by atoms with van der Waals surface area (Å²) < 4.78 is 1.12. The second-order valence-corrected chi connectivity index (χ2v) is 8.59. The van der Waals surface area contributed by atoms with Crippen LogP contribution in [-0.4, -0.2) is 35.8 Å². The Hall–Kier alpha value is -1.66. The van der Waals surface area contributed by atoms with Gasteiger partial charge in [-0.05, 0) is 42.7 Å². The van der Waals surface area contributed by atoms with Crippen LogP contribution >= 0.6 is 22.9 Å². The van der Waals surface area contributed by atoms with Gasteiger partial charge in [-0.3, -0.25) is 4.98 Å². The number of halogens is 1. The van der Waals surface area contributed by atoms with Gasteiger partial charge in [-0.2, -0.15) is 0 Å². The van der Waals surface area contributed by atoms with E-state index in [1.165, 1.54) is 23.2 Å². The summed E-state index contributed by atoms with van der Waals surface area (Å²) in [6.07, 6.45) is 4.10. The number of thiophene rings is 1. The molecule has 2 aliphatic rings. The molecular weight excluding hydrogens is 366 g/mol. The molecule has 2 aliphatic heterocycles. The number of rotatable bonds is 3. The van der Waals surface area contributed by atoms with Crippen LogP contribution < -0.4 is 10.2 Å². The molecule has 0 unspecified atom stereocenters. The molecule has 0 radical (unpaired) electrons. The van der Waals surface area contributed by atoms with Gasteiger partial charge in [-0.25, -0.2) is 0 Å². The summed E-state index contributed by atoms with van der Waals surface area (Å²) in [5.41, 5.74) is 5.97. The molecule has 1 aromatic carbocycles. The van der Waals surface area contributed by atoms with Crippen molar-refractivity contribution < 1.29 is 5.11 Å². The van der Waals surface area contributed by atoms with Gasteiger partial charge in [0.2, 0.25) is 0 Å². The summed E-state index contributed by atoms with van der Waals surface area (Å²) in [7, 11) is 0. The summed E-state index contributed by atoms with van der Waals surface area (Å²) in [4.78, 5) is 8.00. The summed E-state index contributed by atoms with van der Waals surface area (Å²) in [6.45, 7) is 3.23. The molecule has 6 heteroatoms. The van der Waals surface area contributed by atoms with Gasteiger partial charge in [-0.15, -0.1) is 11.3 Å². The minimum Gasteiger partial charge on any atom is -0.391 e. The van der Waals surface area contributed by atoms with Gasteiger partial charge < -0.3 is 15.3 Å². The lowest BCUT2D eigenvalue weighted by atomic mass is 9.92. The molecule has 0 bridgehead atoms. The smallest absolute Gasteiger partial charge is 0.0819 e. The lowest BCUT2D eigenvalue weighted by molar-refractivity contribution is 0.285. The molecule has 0 spiro atoms. The van der Waals surface area contributed by atoms with E-state index in [9.17, 15) is 5.11 Å². The largest absolute Gasteiger partial charge is 0.391 e. The Kier molecular flexibility index (Phi) is 4.13. The maximum absolute atomic E-state index is 9.54. The van der Waals surface area contributed by atoms with E-state index in [1.54, 1.807) is 11.3 Å². The first kappa shape index (κ1) is 16.5. The molecule has 2 aromatic heterocycles. The molecule has 26 heavy (non-hydrogen) atoms. The quantitative estimate of drug-likeness (QED) is 0.719. The molecule has 2 N–H and O–H groups in total. The molecular formula is C20H20ClN3OS. The molecule has 0 atom stereocenters.